The lowest BCUT2D eigenvalue weighted by molar-refractivity contribution is 0.0600. The number of nitrogens with one attached hydrogen (secondary N) is 2. The van der Waals surface area contributed by atoms with Crippen molar-refractivity contribution in [1.29, 1.82) is 0 Å². The van der Waals surface area contributed by atoms with Gasteiger partial charge in [-0.3, -0.25) is 10.3 Å². The fourth-order valence-corrected chi connectivity index (χ4v) is 3.32. The van der Waals surface area contributed by atoms with Gasteiger partial charge in [-0.15, -0.1) is 0 Å². The van der Waals surface area contributed by atoms with Crippen LogP contribution in [0.4, 0.5) is 16.3 Å². The molecule has 0 aliphatic carbocycles. The molecule has 0 aliphatic rings. The molecule has 4 aromatic rings. The number of nitrogens with zero attached hydrogens (tertiary/aromatic N) is 3. The highest BCUT2D eigenvalue weighted by Crippen LogP contribution is 2.27. The van der Waals surface area contributed by atoms with Gasteiger partial charge >= 0.3 is 12.0 Å². The average molecular weight is 486 g/mol. The third-order valence-electron chi connectivity index (χ3n) is 5.25. The van der Waals surface area contributed by atoms with Gasteiger partial charge in [-0.05, 0) is 60.7 Å². The van der Waals surface area contributed by atoms with Crippen LogP contribution < -0.4 is 15.4 Å². The molecule has 4 rings (SSSR count). The average Bonchev–Trinajstić information content (AvgIpc) is 3.29. The van der Waals surface area contributed by atoms with Crippen molar-refractivity contribution in [1.82, 2.24) is 14.8 Å². The molecule has 2 heterocycles. The molecule has 0 bridgehead atoms. The lowest BCUT2D eigenvalue weighted by Gasteiger charge is -2.14. The predicted molar refractivity (Wildman–Crippen MR) is 137 cm³/mol. The Morgan fingerprint density at radius 3 is 2.11 bits per heavy atom. The number of methoxy groups -OCH3 is 1. The largest absolute Gasteiger partial charge is 0.465 e. The molecule has 2 N–H and O–H groups in total. The molecule has 0 unspecified atom stereocenters. The number of urea groups is 1. The zero-order valence-electron chi connectivity index (χ0n) is 20.5. The number of esters is 1. The first-order valence-corrected chi connectivity index (χ1v) is 11.3. The molecule has 0 saturated carbocycles. The van der Waals surface area contributed by atoms with Crippen molar-refractivity contribution in [3.63, 3.8) is 0 Å². The number of pyridine rings is 1. The van der Waals surface area contributed by atoms with E-state index in [0.29, 0.717) is 34.3 Å². The van der Waals surface area contributed by atoms with E-state index in [1.54, 1.807) is 77.7 Å². The normalized spacial score (nSPS) is 11.0. The minimum atomic E-state index is -0.425. The number of carbonyl (C=O) groups is 2. The maximum Gasteiger partial charge on any atom is 0.337 e. The van der Waals surface area contributed by atoms with E-state index in [1.807, 2.05) is 26.8 Å². The number of amides is 2. The van der Waals surface area contributed by atoms with Crippen LogP contribution in [0, 0.1) is 0 Å². The molecule has 0 saturated heterocycles. The van der Waals surface area contributed by atoms with Gasteiger partial charge in [0, 0.05) is 29.6 Å². The van der Waals surface area contributed by atoms with Gasteiger partial charge < -0.3 is 14.8 Å². The van der Waals surface area contributed by atoms with E-state index in [9.17, 15) is 9.59 Å². The zero-order chi connectivity index (χ0) is 25.7. The molecule has 9 nitrogen and oxygen atoms in total. The van der Waals surface area contributed by atoms with Crippen LogP contribution in [0.15, 0.2) is 79.1 Å². The Balaban J connectivity index is 1.50. The van der Waals surface area contributed by atoms with Gasteiger partial charge in [0.25, 0.3) is 0 Å². The summed E-state index contributed by atoms with van der Waals surface area (Å²) in [7, 11) is 1.33. The monoisotopic (exact) mass is 485 g/mol. The number of benzene rings is 2. The molecular formula is C27H27N5O4. The van der Waals surface area contributed by atoms with Crippen molar-refractivity contribution in [2.75, 3.05) is 17.7 Å². The summed E-state index contributed by atoms with van der Waals surface area (Å²) in [5.41, 5.74) is 2.26. The molecule has 184 valence electrons. The van der Waals surface area contributed by atoms with E-state index < -0.39 is 12.0 Å². The SMILES string of the molecule is COC(=O)c1ccc(-n2nc(C(C)(C)C)cc2NC(=O)Nc2ccc(Oc3ccncc3)cc2)cc1. The van der Waals surface area contributed by atoms with E-state index in [0.717, 1.165) is 5.69 Å². The van der Waals surface area contributed by atoms with Crippen LogP contribution in [0.3, 0.4) is 0 Å². The van der Waals surface area contributed by atoms with Crippen molar-refractivity contribution in [2.24, 2.45) is 0 Å². The summed E-state index contributed by atoms with van der Waals surface area (Å²) in [6.45, 7) is 6.12. The summed E-state index contributed by atoms with van der Waals surface area (Å²) in [5.74, 6) is 1.37. The van der Waals surface area contributed by atoms with Crippen LogP contribution in [0.1, 0.15) is 36.8 Å². The molecule has 2 amide bonds. The van der Waals surface area contributed by atoms with Gasteiger partial charge in [0.05, 0.1) is 24.1 Å². The topological polar surface area (TPSA) is 107 Å². The van der Waals surface area contributed by atoms with E-state index in [-0.39, 0.29) is 5.41 Å². The summed E-state index contributed by atoms with van der Waals surface area (Å²) in [4.78, 5) is 28.6. The van der Waals surface area contributed by atoms with Crippen LogP contribution in [-0.2, 0) is 10.2 Å². The summed E-state index contributed by atoms with van der Waals surface area (Å²) >= 11 is 0. The van der Waals surface area contributed by atoms with Crippen LogP contribution in [0.2, 0.25) is 0 Å². The Bertz CT molecular complexity index is 1340. The zero-order valence-corrected chi connectivity index (χ0v) is 20.5. The first kappa shape index (κ1) is 24.5. The van der Waals surface area contributed by atoms with Gasteiger partial charge in [0.15, 0.2) is 0 Å². The summed E-state index contributed by atoms with van der Waals surface area (Å²) < 4.78 is 12.2. The minimum Gasteiger partial charge on any atom is -0.465 e. The Hall–Kier alpha value is -4.66. The van der Waals surface area contributed by atoms with Crippen LogP contribution >= 0.6 is 0 Å². The van der Waals surface area contributed by atoms with Gasteiger partial charge in [-0.2, -0.15) is 5.10 Å². The van der Waals surface area contributed by atoms with Gasteiger partial charge in [-0.25, -0.2) is 14.3 Å². The first-order valence-electron chi connectivity index (χ1n) is 11.3. The second-order valence-electron chi connectivity index (χ2n) is 9.00. The summed E-state index contributed by atoms with van der Waals surface area (Å²) in [5, 5.41) is 10.4. The molecule has 36 heavy (non-hydrogen) atoms. The molecular weight excluding hydrogens is 458 g/mol. The Kier molecular flexibility index (Phi) is 7.00. The Labute approximate surface area is 209 Å². The standard InChI is InChI=1S/C27H27N5O4/c1-27(2,3)23-17-24(32(31-23)20-9-5-18(6-10-20)25(33)35-4)30-26(34)29-19-7-11-21(12-8-19)36-22-13-15-28-16-14-22/h5-17H,1-4H3,(H2,29,30,34). The molecule has 0 aliphatic heterocycles. The van der Waals surface area contributed by atoms with Gasteiger partial charge in [-0.1, -0.05) is 20.8 Å². The highest BCUT2D eigenvalue weighted by Gasteiger charge is 2.22. The van der Waals surface area contributed by atoms with Crippen LogP contribution in [0.25, 0.3) is 5.69 Å². The first-order chi connectivity index (χ1) is 17.2. The van der Waals surface area contributed by atoms with Crippen molar-refractivity contribution >= 4 is 23.5 Å². The predicted octanol–water partition coefficient (Wildman–Crippen LogP) is 5.79. The molecule has 0 atom stereocenters. The van der Waals surface area contributed by atoms with E-state index in [4.69, 9.17) is 14.6 Å². The van der Waals surface area contributed by atoms with E-state index in [1.165, 1.54) is 7.11 Å². The second kappa shape index (κ2) is 10.3. The number of carbonyl (C=O) groups excluding carboxylic acids is 2. The Morgan fingerprint density at radius 1 is 0.861 bits per heavy atom. The number of anilines is 2. The Morgan fingerprint density at radius 2 is 1.50 bits per heavy atom. The fourth-order valence-electron chi connectivity index (χ4n) is 3.32. The number of ether oxygens (including phenoxy) is 2. The smallest absolute Gasteiger partial charge is 0.337 e. The summed E-state index contributed by atoms with van der Waals surface area (Å²) in [6.07, 6.45) is 3.30. The van der Waals surface area contributed by atoms with Crippen molar-refractivity contribution in [3.05, 3.63) is 90.4 Å². The van der Waals surface area contributed by atoms with Crippen molar-refractivity contribution in [2.45, 2.75) is 26.2 Å². The molecule has 0 radical (unpaired) electrons. The highest BCUT2D eigenvalue weighted by molar-refractivity contribution is 5.99. The quantitative estimate of drug-likeness (QED) is 0.335. The maximum atomic E-state index is 12.8. The third kappa shape index (κ3) is 5.87. The molecule has 9 heteroatoms. The van der Waals surface area contributed by atoms with E-state index in [2.05, 4.69) is 15.6 Å². The minimum absolute atomic E-state index is 0.241. The number of hydrogen-bond acceptors (Lipinski definition) is 6. The van der Waals surface area contributed by atoms with Gasteiger partial charge in [0.2, 0.25) is 0 Å². The number of aromatic nitrogens is 3. The van der Waals surface area contributed by atoms with Crippen LogP contribution in [0.5, 0.6) is 11.5 Å². The lowest BCUT2D eigenvalue weighted by Crippen LogP contribution is -2.21. The van der Waals surface area contributed by atoms with Gasteiger partial charge in [0.1, 0.15) is 17.3 Å². The van der Waals surface area contributed by atoms with Crippen molar-refractivity contribution < 1.29 is 19.1 Å². The van der Waals surface area contributed by atoms with Crippen LogP contribution in [-0.4, -0.2) is 33.9 Å². The fraction of sp³-hybridized carbons (Fsp3) is 0.185. The summed E-state index contributed by atoms with van der Waals surface area (Å²) in [6, 6.07) is 18.8. The maximum absolute atomic E-state index is 12.8. The number of rotatable bonds is 6. The van der Waals surface area contributed by atoms with E-state index >= 15 is 0 Å². The number of hydrogen-bond donors (Lipinski definition) is 2. The van der Waals surface area contributed by atoms with Crippen molar-refractivity contribution in [3.8, 4) is 17.2 Å². The molecule has 0 fully saturated rings. The second-order valence-corrected chi connectivity index (χ2v) is 9.00. The lowest BCUT2D eigenvalue weighted by atomic mass is 9.92. The highest BCUT2D eigenvalue weighted by atomic mass is 16.5. The third-order valence-corrected chi connectivity index (χ3v) is 5.25. The molecule has 0 spiro atoms. The molecule has 2 aromatic carbocycles. The molecule has 2 aromatic heterocycles.